The second-order valence-electron chi connectivity index (χ2n) is 6.63. The van der Waals surface area contributed by atoms with Crippen LogP contribution in [0.15, 0.2) is 4.99 Å². The summed E-state index contributed by atoms with van der Waals surface area (Å²) in [5, 5.41) is 6.76. The molecule has 140 valence electrons. The maximum absolute atomic E-state index is 5.76. The zero-order valence-corrected chi connectivity index (χ0v) is 15.4. The van der Waals surface area contributed by atoms with E-state index in [-0.39, 0.29) is 0 Å². The first-order valence-corrected chi connectivity index (χ1v) is 9.32. The minimum absolute atomic E-state index is 0.301. The van der Waals surface area contributed by atoms with Crippen LogP contribution in [0, 0.1) is 0 Å². The Morgan fingerprint density at radius 1 is 1.21 bits per heavy atom. The van der Waals surface area contributed by atoms with Crippen LogP contribution in [-0.4, -0.2) is 102 Å². The van der Waals surface area contributed by atoms with E-state index in [1.165, 1.54) is 26.1 Å². The Morgan fingerprint density at radius 3 is 2.88 bits per heavy atom. The number of nitrogens with zero attached hydrogens (tertiary/aromatic N) is 3. The van der Waals surface area contributed by atoms with Crippen molar-refractivity contribution in [3.8, 4) is 0 Å². The quantitative estimate of drug-likeness (QED) is 0.368. The molecule has 0 aromatic rings. The van der Waals surface area contributed by atoms with E-state index in [0.29, 0.717) is 6.10 Å². The smallest absolute Gasteiger partial charge is 0.191 e. The van der Waals surface area contributed by atoms with Crippen molar-refractivity contribution in [3.63, 3.8) is 0 Å². The molecule has 7 nitrogen and oxygen atoms in total. The zero-order valence-electron chi connectivity index (χ0n) is 15.4. The summed E-state index contributed by atoms with van der Waals surface area (Å²) in [6, 6.07) is 0. The van der Waals surface area contributed by atoms with Crippen molar-refractivity contribution in [1.29, 1.82) is 0 Å². The van der Waals surface area contributed by atoms with Crippen LogP contribution in [0.3, 0.4) is 0 Å². The van der Waals surface area contributed by atoms with Crippen LogP contribution in [0.1, 0.15) is 19.3 Å². The number of guanidine groups is 1. The molecular weight excluding hydrogens is 306 g/mol. The van der Waals surface area contributed by atoms with Gasteiger partial charge in [0, 0.05) is 53.0 Å². The van der Waals surface area contributed by atoms with Gasteiger partial charge in [-0.05, 0) is 39.4 Å². The first kappa shape index (κ1) is 19.4. The van der Waals surface area contributed by atoms with Crippen molar-refractivity contribution >= 4 is 5.96 Å². The molecule has 0 aliphatic carbocycles. The summed E-state index contributed by atoms with van der Waals surface area (Å²) in [6.45, 7) is 9.98. The third-order valence-corrected chi connectivity index (χ3v) is 4.61. The Morgan fingerprint density at radius 2 is 2.08 bits per heavy atom. The Balaban J connectivity index is 1.49. The highest BCUT2D eigenvalue weighted by Crippen LogP contribution is 2.07. The Hall–Kier alpha value is -0.890. The molecule has 0 spiro atoms. The number of ether oxygens (including phenoxy) is 2. The summed E-state index contributed by atoms with van der Waals surface area (Å²) in [5.41, 5.74) is 0. The van der Waals surface area contributed by atoms with E-state index in [1.807, 2.05) is 7.05 Å². The molecule has 1 unspecified atom stereocenters. The largest absolute Gasteiger partial charge is 0.379 e. The van der Waals surface area contributed by atoms with E-state index in [4.69, 9.17) is 9.47 Å². The van der Waals surface area contributed by atoms with E-state index in [1.54, 1.807) is 0 Å². The van der Waals surface area contributed by atoms with Crippen LogP contribution in [-0.2, 0) is 9.47 Å². The highest BCUT2D eigenvalue weighted by Gasteiger charge is 2.15. The van der Waals surface area contributed by atoms with Gasteiger partial charge in [-0.25, -0.2) is 0 Å². The number of hydrogen-bond donors (Lipinski definition) is 2. The zero-order chi connectivity index (χ0) is 17.0. The number of nitrogens with one attached hydrogen (secondary N) is 2. The molecule has 7 heteroatoms. The molecule has 2 aliphatic rings. The first-order valence-electron chi connectivity index (χ1n) is 9.32. The lowest BCUT2D eigenvalue weighted by Crippen LogP contribution is -2.42. The highest BCUT2D eigenvalue weighted by atomic mass is 16.5. The van der Waals surface area contributed by atoms with Gasteiger partial charge in [0.1, 0.15) is 0 Å². The maximum Gasteiger partial charge on any atom is 0.191 e. The van der Waals surface area contributed by atoms with Crippen molar-refractivity contribution in [3.05, 3.63) is 0 Å². The summed E-state index contributed by atoms with van der Waals surface area (Å²) in [4.78, 5) is 9.22. The van der Waals surface area contributed by atoms with Crippen molar-refractivity contribution < 1.29 is 9.47 Å². The molecule has 2 N–H and O–H groups in total. The fraction of sp³-hybridized carbons (Fsp3) is 0.941. The van der Waals surface area contributed by atoms with Gasteiger partial charge in [0.05, 0.1) is 12.7 Å². The Kier molecular flexibility index (Phi) is 9.42. The monoisotopic (exact) mass is 341 g/mol. The Bertz CT molecular complexity index is 361. The molecule has 2 saturated heterocycles. The molecule has 0 bridgehead atoms. The van der Waals surface area contributed by atoms with Gasteiger partial charge in [0.25, 0.3) is 0 Å². The van der Waals surface area contributed by atoms with Gasteiger partial charge in [0.15, 0.2) is 5.96 Å². The second kappa shape index (κ2) is 11.6. The minimum Gasteiger partial charge on any atom is -0.379 e. The second-order valence-corrected chi connectivity index (χ2v) is 6.63. The van der Waals surface area contributed by atoms with Crippen LogP contribution in [0.4, 0.5) is 0 Å². The van der Waals surface area contributed by atoms with Gasteiger partial charge >= 0.3 is 0 Å². The molecule has 2 fully saturated rings. The van der Waals surface area contributed by atoms with Crippen LogP contribution in [0.25, 0.3) is 0 Å². The Labute approximate surface area is 146 Å². The van der Waals surface area contributed by atoms with Crippen molar-refractivity contribution in [2.45, 2.75) is 25.4 Å². The van der Waals surface area contributed by atoms with Gasteiger partial charge in [-0.2, -0.15) is 0 Å². The van der Waals surface area contributed by atoms with Gasteiger partial charge in [-0.3, -0.25) is 4.99 Å². The number of rotatable bonds is 8. The number of likely N-dealkylation sites (N-methyl/N-ethyl adjacent to an activating group) is 1. The van der Waals surface area contributed by atoms with Crippen LogP contribution in [0.5, 0.6) is 0 Å². The van der Waals surface area contributed by atoms with Crippen LogP contribution < -0.4 is 10.6 Å². The number of hydrogen-bond acceptors (Lipinski definition) is 5. The lowest BCUT2D eigenvalue weighted by atomic mass is 10.3. The average molecular weight is 342 g/mol. The maximum atomic E-state index is 5.76. The molecule has 24 heavy (non-hydrogen) atoms. The standard InChI is InChI=1S/C17H35N5O2/c1-18-17(19-6-3-13-24-16-5-14-23-15-16)20-7-10-22-9-4-8-21(2)11-12-22/h16H,3-15H2,1-2H3,(H2,18,19,20). The molecular formula is C17H35N5O2. The van der Waals surface area contributed by atoms with Crippen molar-refractivity contribution in [2.75, 3.05) is 79.7 Å². The van der Waals surface area contributed by atoms with Crippen molar-refractivity contribution in [2.24, 2.45) is 4.99 Å². The summed E-state index contributed by atoms with van der Waals surface area (Å²) in [7, 11) is 4.03. The van der Waals surface area contributed by atoms with E-state index >= 15 is 0 Å². The van der Waals surface area contributed by atoms with E-state index in [2.05, 4.69) is 32.5 Å². The van der Waals surface area contributed by atoms with Gasteiger partial charge in [-0.1, -0.05) is 0 Å². The first-order chi connectivity index (χ1) is 11.8. The van der Waals surface area contributed by atoms with Crippen molar-refractivity contribution in [1.82, 2.24) is 20.4 Å². The topological polar surface area (TPSA) is 61.4 Å². The van der Waals surface area contributed by atoms with E-state index in [0.717, 1.165) is 64.8 Å². The normalized spacial score (nSPS) is 24.1. The number of aliphatic imine (C=N–C) groups is 1. The fourth-order valence-electron chi connectivity index (χ4n) is 3.05. The van der Waals surface area contributed by atoms with Crippen LogP contribution >= 0.6 is 0 Å². The SMILES string of the molecule is CN=C(NCCCOC1CCOC1)NCCN1CCCN(C)CC1. The highest BCUT2D eigenvalue weighted by molar-refractivity contribution is 5.79. The third-order valence-electron chi connectivity index (χ3n) is 4.61. The van der Waals surface area contributed by atoms with E-state index < -0.39 is 0 Å². The van der Waals surface area contributed by atoms with Gasteiger partial charge < -0.3 is 29.9 Å². The molecule has 0 aromatic carbocycles. The predicted molar refractivity (Wildman–Crippen MR) is 97.7 cm³/mol. The van der Waals surface area contributed by atoms with Gasteiger partial charge in [-0.15, -0.1) is 0 Å². The molecule has 1 atom stereocenters. The summed E-state index contributed by atoms with van der Waals surface area (Å²) in [5.74, 6) is 0.881. The van der Waals surface area contributed by atoms with Crippen LogP contribution in [0.2, 0.25) is 0 Å². The molecule has 0 amide bonds. The third kappa shape index (κ3) is 7.79. The summed E-state index contributed by atoms with van der Waals surface area (Å²) in [6.07, 6.45) is 3.57. The lowest BCUT2D eigenvalue weighted by Gasteiger charge is -2.21. The average Bonchev–Trinajstić information content (AvgIpc) is 3.02. The molecule has 2 aliphatic heterocycles. The lowest BCUT2D eigenvalue weighted by molar-refractivity contribution is 0.0420. The minimum atomic E-state index is 0.301. The summed E-state index contributed by atoms with van der Waals surface area (Å²) >= 11 is 0. The molecule has 0 saturated carbocycles. The van der Waals surface area contributed by atoms with E-state index in [9.17, 15) is 0 Å². The fourth-order valence-corrected chi connectivity index (χ4v) is 3.05. The molecule has 0 radical (unpaired) electrons. The molecule has 2 rings (SSSR count). The summed E-state index contributed by atoms with van der Waals surface area (Å²) < 4.78 is 11.1. The molecule has 0 aromatic heterocycles. The predicted octanol–water partition coefficient (Wildman–Crippen LogP) is -0.0155. The van der Waals surface area contributed by atoms with Gasteiger partial charge in [0.2, 0.25) is 0 Å². The molecule has 2 heterocycles.